The zero-order chi connectivity index (χ0) is 14.3. The van der Waals surface area contributed by atoms with Gasteiger partial charge in [-0.05, 0) is 44.4 Å². The minimum absolute atomic E-state index is 0.460. The van der Waals surface area contributed by atoms with Crippen LogP contribution >= 0.6 is 23.2 Å². The number of nitrogens with zero attached hydrogens (tertiary/aromatic N) is 2. The van der Waals surface area contributed by atoms with Gasteiger partial charge >= 0.3 is 0 Å². The van der Waals surface area contributed by atoms with Gasteiger partial charge in [-0.2, -0.15) is 0 Å². The minimum atomic E-state index is 0.460. The number of rotatable bonds is 3. The number of hydrogen-bond acceptors (Lipinski definition) is 3. The monoisotopic (exact) mass is 307 g/mol. The Hall–Kier alpha value is -1.32. The van der Waals surface area contributed by atoms with Crippen LogP contribution in [0.5, 0.6) is 0 Å². The van der Waals surface area contributed by atoms with Crippen LogP contribution in [0.25, 0.3) is 0 Å². The lowest BCUT2D eigenvalue weighted by molar-refractivity contribution is 0.922. The topological polar surface area (TPSA) is 37.8 Å². The van der Waals surface area contributed by atoms with E-state index in [1.165, 1.54) is 0 Å². The van der Waals surface area contributed by atoms with E-state index in [0.29, 0.717) is 16.1 Å². The van der Waals surface area contributed by atoms with Crippen LogP contribution < -0.4 is 5.32 Å². The molecular weight excluding hydrogens is 293 g/mol. The number of halogens is 2. The quantitative estimate of drug-likeness (QED) is 0.809. The molecule has 0 radical (unpaired) electrons. The van der Waals surface area contributed by atoms with E-state index < -0.39 is 0 Å². The SMILES string of the molecule is Cc1ccc(Cl)c(Nc2nc(C3CC3)nc(Cl)c2C)c1. The largest absolute Gasteiger partial charge is 0.339 e. The van der Waals surface area contributed by atoms with Crippen molar-refractivity contribution in [3.8, 4) is 0 Å². The van der Waals surface area contributed by atoms with Crippen LogP contribution in [-0.2, 0) is 0 Å². The number of aryl methyl sites for hydroxylation is 1. The fraction of sp³-hybridized carbons (Fsp3) is 0.333. The van der Waals surface area contributed by atoms with Crippen molar-refractivity contribution in [3.05, 3.63) is 45.3 Å². The summed E-state index contributed by atoms with van der Waals surface area (Å²) >= 11 is 12.4. The van der Waals surface area contributed by atoms with Crippen LogP contribution in [0.1, 0.15) is 35.7 Å². The van der Waals surface area contributed by atoms with Gasteiger partial charge in [0.15, 0.2) is 0 Å². The van der Waals surface area contributed by atoms with Gasteiger partial charge in [-0.15, -0.1) is 0 Å². The van der Waals surface area contributed by atoms with Crippen molar-refractivity contribution < 1.29 is 0 Å². The third kappa shape index (κ3) is 2.74. The summed E-state index contributed by atoms with van der Waals surface area (Å²) in [6.07, 6.45) is 2.29. The van der Waals surface area contributed by atoms with Crippen LogP contribution in [-0.4, -0.2) is 9.97 Å². The van der Waals surface area contributed by atoms with E-state index in [9.17, 15) is 0 Å². The zero-order valence-corrected chi connectivity index (χ0v) is 12.9. The molecule has 0 atom stereocenters. The van der Waals surface area contributed by atoms with Crippen molar-refractivity contribution >= 4 is 34.7 Å². The maximum atomic E-state index is 6.21. The number of nitrogens with one attached hydrogen (secondary N) is 1. The molecule has 0 spiro atoms. The Balaban J connectivity index is 1.99. The predicted molar refractivity (Wildman–Crippen MR) is 83.2 cm³/mol. The average molecular weight is 308 g/mol. The first kappa shape index (κ1) is 13.7. The average Bonchev–Trinajstić information content (AvgIpc) is 3.23. The van der Waals surface area contributed by atoms with Crippen LogP contribution in [0.4, 0.5) is 11.5 Å². The van der Waals surface area contributed by atoms with Crippen molar-refractivity contribution in [1.82, 2.24) is 9.97 Å². The molecule has 1 aromatic carbocycles. The molecule has 1 aromatic heterocycles. The van der Waals surface area contributed by atoms with E-state index in [1.807, 2.05) is 32.0 Å². The lowest BCUT2D eigenvalue weighted by Crippen LogP contribution is -2.03. The molecule has 0 bridgehead atoms. The fourth-order valence-corrected chi connectivity index (χ4v) is 2.35. The van der Waals surface area contributed by atoms with Crippen molar-refractivity contribution in [2.45, 2.75) is 32.6 Å². The van der Waals surface area contributed by atoms with Crippen molar-refractivity contribution in [3.63, 3.8) is 0 Å². The number of benzene rings is 1. The summed E-state index contributed by atoms with van der Waals surface area (Å²) in [6.45, 7) is 3.93. The molecule has 0 unspecified atom stereocenters. The van der Waals surface area contributed by atoms with Gasteiger partial charge in [-0.3, -0.25) is 0 Å². The number of anilines is 2. The molecule has 1 aliphatic rings. The molecule has 1 aliphatic carbocycles. The Kier molecular flexibility index (Phi) is 3.57. The second-order valence-corrected chi connectivity index (χ2v) is 5.99. The van der Waals surface area contributed by atoms with Gasteiger partial charge in [0, 0.05) is 11.5 Å². The Bertz CT molecular complexity index is 666. The third-order valence-electron chi connectivity index (χ3n) is 3.42. The van der Waals surface area contributed by atoms with Gasteiger partial charge in [-0.25, -0.2) is 9.97 Å². The molecule has 2 aromatic rings. The smallest absolute Gasteiger partial charge is 0.138 e. The number of hydrogen-bond donors (Lipinski definition) is 1. The summed E-state index contributed by atoms with van der Waals surface area (Å²) in [5.74, 6) is 2.02. The highest BCUT2D eigenvalue weighted by atomic mass is 35.5. The minimum Gasteiger partial charge on any atom is -0.339 e. The second-order valence-electron chi connectivity index (χ2n) is 5.23. The Morgan fingerprint density at radius 2 is 1.90 bits per heavy atom. The second kappa shape index (κ2) is 5.23. The number of aromatic nitrogens is 2. The molecule has 1 fully saturated rings. The fourth-order valence-electron chi connectivity index (χ4n) is 2.01. The van der Waals surface area contributed by atoms with E-state index in [4.69, 9.17) is 23.2 Å². The first-order valence-electron chi connectivity index (χ1n) is 6.62. The molecule has 3 nitrogen and oxygen atoms in total. The molecule has 3 rings (SSSR count). The van der Waals surface area contributed by atoms with Gasteiger partial charge in [0.1, 0.15) is 16.8 Å². The van der Waals surface area contributed by atoms with Crippen LogP contribution in [0, 0.1) is 13.8 Å². The maximum absolute atomic E-state index is 6.21. The Morgan fingerprint density at radius 3 is 2.60 bits per heavy atom. The summed E-state index contributed by atoms with van der Waals surface area (Å²) < 4.78 is 0. The molecule has 0 saturated heterocycles. The van der Waals surface area contributed by atoms with Gasteiger partial charge in [0.05, 0.1) is 10.7 Å². The first-order valence-corrected chi connectivity index (χ1v) is 7.37. The lowest BCUT2D eigenvalue weighted by Gasteiger charge is -2.13. The van der Waals surface area contributed by atoms with Gasteiger partial charge in [0.25, 0.3) is 0 Å². The lowest BCUT2D eigenvalue weighted by atomic mass is 10.2. The summed E-state index contributed by atoms with van der Waals surface area (Å²) in [7, 11) is 0. The highest BCUT2D eigenvalue weighted by molar-refractivity contribution is 6.33. The van der Waals surface area contributed by atoms with E-state index in [1.54, 1.807) is 0 Å². The molecular formula is C15H15Cl2N3. The van der Waals surface area contributed by atoms with E-state index >= 15 is 0 Å². The predicted octanol–water partition coefficient (Wildman–Crippen LogP) is 5.02. The highest BCUT2D eigenvalue weighted by Crippen LogP contribution is 2.40. The molecule has 1 N–H and O–H groups in total. The summed E-state index contributed by atoms with van der Waals surface area (Å²) in [5, 5.41) is 4.45. The van der Waals surface area contributed by atoms with Crippen molar-refractivity contribution in [1.29, 1.82) is 0 Å². The Labute approximate surface area is 128 Å². The highest BCUT2D eigenvalue weighted by Gasteiger charge is 2.28. The molecule has 5 heteroatoms. The summed E-state index contributed by atoms with van der Waals surface area (Å²) in [6, 6.07) is 5.84. The van der Waals surface area contributed by atoms with E-state index in [2.05, 4.69) is 15.3 Å². The Morgan fingerprint density at radius 1 is 1.15 bits per heavy atom. The third-order valence-corrected chi connectivity index (χ3v) is 4.12. The maximum Gasteiger partial charge on any atom is 0.138 e. The summed E-state index contributed by atoms with van der Waals surface area (Å²) in [5.41, 5.74) is 2.82. The van der Waals surface area contributed by atoms with Crippen molar-refractivity contribution in [2.75, 3.05) is 5.32 Å². The van der Waals surface area contributed by atoms with Gasteiger partial charge in [-0.1, -0.05) is 29.3 Å². The molecule has 1 saturated carbocycles. The molecule has 0 amide bonds. The molecule has 1 heterocycles. The standard InChI is InChI=1S/C15H15Cl2N3/c1-8-3-6-11(16)12(7-8)18-14-9(2)13(17)19-15(20-14)10-4-5-10/h3,6-7,10H,4-5H2,1-2H3,(H,18,19,20). The molecule has 0 aliphatic heterocycles. The molecule has 104 valence electrons. The first-order chi connectivity index (χ1) is 9.54. The van der Waals surface area contributed by atoms with Crippen molar-refractivity contribution in [2.24, 2.45) is 0 Å². The van der Waals surface area contributed by atoms with Gasteiger partial charge < -0.3 is 5.32 Å². The van der Waals surface area contributed by atoms with Crippen LogP contribution in [0.15, 0.2) is 18.2 Å². The zero-order valence-electron chi connectivity index (χ0n) is 11.4. The van der Waals surface area contributed by atoms with E-state index in [0.717, 1.165) is 41.3 Å². The summed E-state index contributed by atoms with van der Waals surface area (Å²) in [4.78, 5) is 8.95. The normalized spacial score (nSPS) is 14.4. The van der Waals surface area contributed by atoms with E-state index in [-0.39, 0.29) is 0 Å². The van der Waals surface area contributed by atoms with Crippen LogP contribution in [0.3, 0.4) is 0 Å². The van der Waals surface area contributed by atoms with Gasteiger partial charge in [0.2, 0.25) is 0 Å². The molecule has 20 heavy (non-hydrogen) atoms. The van der Waals surface area contributed by atoms with Crippen LogP contribution in [0.2, 0.25) is 10.2 Å².